The van der Waals surface area contributed by atoms with Gasteiger partial charge in [0.1, 0.15) is 12.1 Å². The van der Waals surface area contributed by atoms with Crippen molar-refractivity contribution in [3.63, 3.8) is 0 Å². The molecule has 198 valence electrons. The van der Waals surface area contributed by atoms with Crippen molar-refractivity contribution in [3.8, 4) is 0 Å². The number of hydrazone groups is 1. The van der Waals surface area contributed by atoms with Crippen LogP contribution in [-0.4, -0.2) is 68.3 Å². The van der Waals surface area contributed by atoms with Crippen LogP contribution in [0, 0.1) is 6.92 Å². The van der Waals surface area contributed by atoms with Gasteiger partial charge in [-0.05, 0) is 35.7 Å². The van der Waals surface area contributed by atoms with E-state index in [4.69, 9.17) is 10.6 Å². The molecule has 0 radical (unpaired) electrons. The van der Waals surface area contributed by atoms with E-state index in [-0.39, 0.29) is 17.4 Å². The summed E-state index contributed by atoms with van der Waals surface area (Å²) >= 11 is 0. The Morgan fingerprint density at radius 3 is 2.59 bits per heavy atom. The molecule has 2 aromatic carbocycles. The highest BCUT2D eigenvalue weighted by Crippen LogP contribution is 2.31. The summed E-state index contributed by atoms with van der Waals surface area (Å²) in [4.78, 5) is 37.9. The van der Waals surface area contributed by atoms with E-state index in [1.807, 2.05) is 12.1 Å². The molecule has 12 nitrogen and oxygen atoms in total. The SMILES string of the molecule is Cc1cccc(S(=O)(=O)N[C@@H](CNC(=O)C[C@@H]2C[C@H](c3ccc(C=NN)cc3)N(C)C(=O)O2)C(=O)O)c1. The molecule has 2 amide bonds. The van der Waals surface area contributed by atoms with Crippen LogP contribution >= 0.6 is 0 Å². The number of amides is 2. The zero-order valence-corrected chi connectivity index (χ0v) is 21.1. The molecule has 3 atom stereocenters. The van der Waals surface area contributed by atoms with Crippen LogP contribution in [0.4, 0.5) is 4.79 Å². The van der Waals surface area contributed by atoms with Gasteiger partial charge >= 0.3 is 12.1 Å². The summed E-state index contributed by atoms with van der Waals surface area (Å²) in [5, 5.41) is 15.4. The topological polar surface area (TPSA) is 180 Å². The van der Waals surface area contributed by atoms with E-state index in [0.29, 0.717) is 12.0 Å². The van der Waals surface area contributed by atoms with Crippen molar-refractivity contribution in [1.82, 2.24) is 14.9 Å². The second-order valence-corrected chi connectivity index (χ2v) is 10.4. The minimum Gasteiger partial charge on any atom is -0.480 e. The highest BCUT2D eigenvalue weighted by atomic mass is 32.2. The summed E-state index contributed by atoms with van der Waals surface area (Å²) in [6, 6.07) is 11.3. The average molecular weight is 532 g/mol. The Kier molecular flexibility index (Phi) is 8.84. The van der Waals surface area contributed by atoms with E-state index < -0.39 is 46.7 Å². The lowest BCUT2D eigenvalue weighted by atomic mass is 9.96. The molecule has 0 aliphatic carbocycles. The molecule has 5 N–H and O–H groups in total. The molecule has 1 fully saturated rings. The number of ether oxygens (including phenoxy) is 1. The third-order valence-electron chi connectivity index (χ3n) is 5.87. The number of carbonyl (C=O) groups excluding carboxylic acids is 2. The second kappa shape index (κ2) is 11.8. The maximum atomic E-state index is 12.6. The van der Waals surface area contributed by atoms with Gasteiger partial charge < -0.3 is 25.9 Å². The van der Waals surface area contributed by atoms with E-state index in [2.05, 4.69) is 15.1 Å². The summed E-state index contributed by atoms with van der Waals surface area (Å²) < 4.78 is 32.6. The Labute approximate surface area is 214 Å². The molecule has 1 saturated heterocycles. The third-order valence-corrected chi connectivity index (χ3v) is 7.34. The van der Waals surface area contributed by atoms with Gasteiger partial charge in [0, 0.05) is 20.0 Å². The zero-order chi connectivity index (χ0) is 27.2. The molecule has 0 saturated carbocycles. The number of sulfonamides is 1. The van der Waals surface area contributed by atoms with Crippen LogP contribution in [0.1, 0.15) is 35.6 Å². The van der Waals surface area contributed by atoms with Crippen LogP contribution in [0.15, 0.2) is 58.5 Å². The molecule has 3 rings (SSSR count). The number of carbonyl (C=O) groups is 3. The predicted molar refractivity (Wildman–Crippen MR) is 134 cm³/mol. The molecule has 13 heteroatoms. The van der Waals surface area contributed by atoms with Gasteiger partial charge in [0.15, 0.2) is 0 Å². The lowest BCUT2D eigenvalue weighted by molar-refractivity contribution is -0.138. The molecule has 0 aromatic heterocycles. The van der Waals surface area contributed by atoms with Crippen LogP contribution in [0.5, 0.6) is 0 Å². The summed E-state index contributed by atoms with van der Waals surface area (Å²) in [5.41, 5.74) is 2.30. The minimum absolute atomic E-state index is 0.0855. The lowest BCUT2D eigenvalue weighted by Gasteiger charge is -2.36. The fourth-order valence-electron chi connectivity index (χ4n) is 3.90. The van der Waals surface area contributed by atoms with Crippen molar-refractivity contribution in [2.75, 3.05) is 13.6 Å². The Hall–Kier alpha value is -3.97. The molecule has 1 heterocycles. The van der Waals surface area contributed by atoms with Gasteiger partial charge in [-0.25, -0.2) is 13.2 Å². The van der Waals surface area contributed by atoms with Gasteiger partial charge in [-0.1, -0.05) is 36.4 Å². The first kappa shape index (κ1) is 27.6. The van der Waals surface area contributed by atoms with Crippen LogP contribution in [0.25, 0.3) is 0 Å². The summed E-state index contributed by atoms with van der Waals surface area (Å²) in [5.74, 6) is 3.12. The van der Waals surface area contributed by atoms with Crippen LogP contribution < -0.4 is 15.9 Å². The standard InChI is InChI=1S/C24H29N5O7S/c1-15-4-3-5-19(10-15)37(34,35)28-20(23(31)32)14-26-22(30)12-18-11-21(29(2)24(33)36-18)17-8-6-16(7-9-17)13-27-25/h3-10,13,18,20-21,28H,11-12,14,25H2,1-2H3,(H,26,30)(H,31,32)/t18-,20-,21+/m0/s1. The fourth-order valence-corrected chi connectivity index (χ4v) is 5.19. The first-order valence-electron chi connectivity index (χ1n) is 11.4. The van der Waals surface area contributed by atoms with E-state index in [0.717, 1.165) is 11.1 Å². The Morgan fingerprint density at radius 2 is 1.97 bits per heavy atom. The molecule has 0 bridgehead atoms. The number of carboxylic acid groups (broad SMARTS) is 1. The number of nitrogens with one attached hydrogen (secondary N) is 2. The van der Waals surface area contributed by atoms with Gasteiger partial charge in [0.25, 0.3) is 0 Å². The number of hydrogen-bond acceptors (Lipinski definition) is 8. The number of aryl methyl sites for hydroxylation is 1. The van der Waals surface area contributed by atoms with E-state index in [9.17, 15) is 27.9 Å². The largest absolute Gasteiger partial charge is 0.480 e. The number of benzene rings is 2. The molecular weight excluding hydrogens is 502 g/mol. The highest BCUT2D eigenvalue weighted by Gasteiger charge is 2.35. The quantitative estimate of drug-likeness (QED) is 0.200. The van der Waals surface area contributed by atoms with E-state index in [1.54, 1.807) is 38.2 Å². The highest BCUT2D eigenvalue weighted by molar-refractivity contribution is 7.89. The lowest BCUT2D eigenvalue weighted by Crippen LogP contribution is -2.49. The van der Waals surface area contributed by atoms with E-state index >= 15 is 0 Å². The summed E-state index contributed by atoms with van der Waals surface area (Å²) in [7, 11) is -2.54. The number of nitrogens with zero attached hydrogens (tertiary/aromatic N) is 2. The maximum Gasteiger partial charge on any atom is 0.410 e. The van der Waals surface area contributed by atoms with Crippen molar-refractivity contribution in [2.45, 2.75) is 42.8 Å². The number of aliphatic carboxylic acids is 1. The van der Waals surface area contributed by atoms with Crippen molar-refractivity contribution in [1.29, 1.82) is 0 Å². The summed E-state index contributed by atoms with van der Waals surface area (Å²) in [6.45, 7) is 1.22. The Balaban J connectivity index is 1.61. The second-order valence-electron chi connectivity index (χ2n) is 8.65. The van der Waals surface area contributed by atoms with Crippen molar-refractivity contribution >= 4 is 34.2 Å². The monoisotopic (exact) mass is 531 g/mol. The fraction of sp³-hybridized carbons (Fsp3) is 0.333. The van der Waals surface area contributed by atoms with Crippen LogP contribution in [0.2, 0.25) is 0 Å². The first-order valence-corrected chi connectivity index (χ1v) is 12.8. The number of cyclic esters (lactones) is 1. The smallest absolute Gasteiger partial charge is 0.410 e. The first-order chi connectivity index (χ1) is 17.5. The Morgan fingerprint density at radius 1 is 1.27 bits per heavy atom. The molecule has 0 unspecified atom stereocenters. The average Bonchev–Trinajstić information content (AvgIpc) is 2.84. The molecular formula is C24H29N5O7S. The minimum atomic E-state index is -4.13. The third kappa shape index (κ3) is 7.27. The normalized spacial score (nSPS) is 18.9. The van der Waals surface area contributed by atoms with E-state index in [1.165, 1.54) is 23.2 Å². The van der Waals surface area contributed by atoms with Gasteiger partial charge in [-0.2, -0.15) is 9.82 Å². The molecule has 1 aliphatic rings. The molecule has 0 spiro atoms. The number of nitrogens with two attached hydrogens (primary N) is 1. The summed E-state index contributed by atoms with van der Waals surface area (Å²) in [6.07, 6.45) is 0.233. The van der Waals surface area contributed by atoms with Crippen molar-refractivity contribution in [3.05, 3.63) is 65.2 Å². The van der Waals surface area contributed by atoms with Gasteiger partial charge in [0.2, 0.25) is 15.9 Å². The molecule has 2 aromatic rings. The zero-order valence-electron chi connectivity index (χ0n) is 20.3. The predicted octanol–water partition coefficient (Wildman–Crippen LogP) is 1.11. The van der Waals surface area contributed by atoms with Gasteiger partial charge in [-0.15, -0.1) is 0 Å². The van der Waals surface area contributed by atoms with Crippen molar-refractivity contribution in [2.24, 2.45) is 10.9 Å². The van der Waals surface area contributed by atoms with Gasteiger partial charge in [0.05, 0.1) is 23.6 Å². The van der Waals surface area contributed by atoms with Crippen LogP contribution in [0.3, 0.4) is 0 Å². The number of carboxylic acids is 1. The maximum absolute atomic E-state index is 12.6. The van der Waals surface area contributed by atoms with Crippen LogP contribution in [-0.2, 0) is 24.3 Å². The van der Waals surface area contributed by atoms with Crippen molar-refractivity contribution < 1.29 is 32.6 Å². The Bertz CT molecular complexity index is 1280. The number of rotatable bonds is 10. The molecule has 1 aliphatic heterocycles. The number of hydrogen-bond donors (Lipinski definition) is 4. The van der Waals surface area contributed by atoms with Gasteiger partial charge in [-0.3, -0.25) is 9.59 Å². The molecule has 37 heavy (non-hydrogen) atoms.